The molecule has 1 amide bonds. The number of aromatic amines is 1. The Hall–Kier alpha value is -1.34. The van der Waals surface area contributed by atoms with Crippen molar-refractivity contribution >= 4 is 39.0 Å². The second-order valence-corrected chi connectivity index (χ2v) is 5.02. The van der Waals surface area contributed by atoms with Gasteiger partial charge in [-0.25, -0.2) is 0 Å². The summed E-state index contributed by atoms with van der Waals surface area (Å²) < 4.78 is 1.02. The maximum absolute atomic E-state index is 11.6. The highest BCUT2D eigenvalue weighted by Crippen LogP contribution is 2.19. The number of thiophene rings is 1. The summed E-state index contributed by atoms with van der Waals surface area (Å²) in [5, 5.41) is 10.9. The van der Waals surface area contributed by atoms with Crippen LogP contribution in [0.5, 0.6) is 0 Å². The molecule has 0 saturated heterocycles. The third kappa shape index (κ3) is 2.42. The van der Waals surface area contributed by atoms with Crippen LogP contribution in [0.25, 0.3) is 0 Å². The first-order valence-electron chi connectivity index (χ1n) is 4.47. The summed E-state index contributed by atoms with van der Waals surface area (Å²) in [6.07, 6.45) is 1.41. The number of rotatable bonds is 3. The summed E-state index contributed by atoms with van der Waals surface area (Å²) in [4.78, 5) is 12.7. The molecule has 0 radical (unpaired) electrons. The van der Waals surface area contributed by atoms with Gasteiger partial charge in [-0.3, -0.25) is 9.89 Å². The van der Waals surface area contributed by atoms with Crippen molar-refractivity contribution in [1.29, 1.82) is 0 Å². The first kappa shape index (κ1) is 11.2. The molecular formula is C9H9BrN4OS. The molecule has 0 aliphatic heterocycles. The van der Waals surface area contributed by atoms with E-state index in [9.17, 15) is 4.79 Å². The fourth-order valence-corrected chi connectivity index (χ4v) is 2.58. The Kier molecular flexibility index (Phi) is 3.25. The van der Waals surface area contributed by atoms with Crippen molar-refractivity contribution in [3.05, 3.63) is 32.6 Å². The standard InChI is InChI=1S/C9H9BrN4OS/c10-5-1-6(16-4-5)2-12-9(15)7-3-13-14-8(7)11/h1,3-4H,2H2,(H,12,15)(H3,11,13,14). The molecule has 0 spiro atoms. The molecule has 5 nitrogen and oxygen atoms in total. The lowest BCUT2D eigenvalue weighted by molar-refractivity contribution is 0.0952. The van der Waals surface area contributed by atoms with Crippen LogP contribution in [0, 0.1) is 0 Å². The number of nitrogens with two attached hydrogens (primary N) is 1. The number of halogens is 1. The van der Waals surface area contributed by atoms with Gasteiger partial charge in [0.15, 0.2) is 0 Å². The van der Waals surface area contributed by atoms with Crippen molar-refractivity contribution < 1.29 is 4.79 Å². The number of nitrogens with zero attached hydrogens (tertiary/aromatic N) is 1. The summed E-state index contributed by atoms with van der Waals surface area (Å²) in [7, 11) is 0. The van der Waals surface area contributed by atoms with Crippen LogP contribution < -0.4 is 11.1 Å². The zero-order chi connectivity index (χ0) is 11.5. The highest BCUT2D eigenvalue weighted by molar-refractivity contribution is 9.10. The molecule has 0 aliphatic carbocycles. The average molecular weight is 301 g/mol. The van der Waals surface area contributed by atoms with Crippen molar-refractivity contribution in [2.24, 2.45) is 0 Å². The highest BCUT2D eigenvalue weighted by Gasteiger charge is 2.11. The smallest absolute Gasteiger partial charge is 0.256 e. The normalized spacial score (nSPS) is 10.3. The van der Waals surface area contributed by atoms with Crippen LogP contribution >= 0.6 is 27.3 Å². The van der Waals surface area contributed by atoms with Crippen molar-refractivity contribution in [2.75, 3.05) is 5.73 Å². The van der Waals surface area contributed by atoms with Gasteiger partial charge in [-0.15, -0.1) is 11.3 Å². The molecule has 0 atom stereocenters. The minimum atomic E-state index is -0.226. The first-order chi connectivity index (χ1) is 7.66. The maximum atomic E-state index is 11.6. The molecule has 0 fully saturated rings. The summed E-state index contributed by atoms with van der Waals surface area (Å²) in [6.45, 7) is 0.486. The molecular weight excluding hydrogens is 292 g/mol. The molecule has 0 aliphatic rings. The van der Waals surface area contributed by atoms with Gasteiger partial charge in [0, 0.05) is 14.7 Å². The molecule has 2 rings (SSSR count). The molecule has 0 aromatic carbocycles. The molecule has 2 aromatic rings. The molecule has 84 valence electrons. The van der Waals surface area contributed by atoms with Crippen LogP contribution in [-0.4, -0.2) is 16.1 Å². The predicted octanol–water partition coefficient (Wildman–Crippen LogP) is 1.75. The van der Waals surface area contributed by atoms with Gasteiger partial charge in [0.1, 0.15) is 11.4 Å². The van der Waals surface area contributed by atoms with E-state index in [1.807, 2.05) is 11.4 Å². The topological polar surface area (TPSA) is 83.8 Å². The summed E-state index contributed by atoms with van der Waals surface area (Å²) in [6, 6.07) is 1.96. The first-order valence-corrected chi connectivity index (χ1v) is 6.14. The fourth-order valence-electron chi connectivity index (χ4n) is 1.19. The van der Waals surface area contributed by atoms with Crippen LogP contribution in [-0.2, 0) is 6.54 Å². The molecule has 0 bridgehead atoms. The third-order valence-electron chi connectivity index (χ3n) is 1.96. The molecule has 2 aromatic heterocycles. The minimum Gasteiger partial charge on any atom is -0.383 e. The molecule has 7 heteroatoms. The van der Waals surface area contributed by atoms with Gasteiger partial charge in [-0.05, 0) is 22.0 Å². The second kappa shape index (κ2) is 4.67. The Bertz CT molecular complexity index is 507. The maximum Gasteiger partial charge on any atom is 0.256 e. The number of amides is 1. The number of hydrogen-bond donors (Lipinski definition) is 3. The van der Waals surface area contributed by atoms with Crippen molar-refractivity contribution in [3.8, 4) is 0 Å². The van der Waals surface area contributed by atoms with Gasteiger partial charge in [0.25, 0.3) is 5.91 Å². The predicted molar refractivity (Wildman–Crippen MR) is 66.2 cm³/mol. The number of H-pyrrole nitrogens is 1. The molecule has 0 saturated carbocycles. The summed E-state index contributed by atoms with van der Waals surface area (Å²) in [5.74, 6) is 0.0561. The van der Waals surface area contributed by atoms with E-state index in [4.69, 9.17) is 5.73 Å². The van der Waals surface area contributed by atoms with Crippen molar-refractivity contribution in [3.63, 3.8) is 0 Å². The second-order valence-electron chi connectivity index (χ2n) is 3.11. The van der Waals surface area contributed by atoms with E-state index >= 15 is 0 Å². The Labute approximate surface area is 104 Å². The van der Waals surface area contributed by atoms with Crippen molar-refractivity contribution in [2.45, 2.75) is 6.54 Å². The van der Waals surface area contributed by atoms with E-state index in [-0.39, 0.29) is 11.7 Å². The Morgan fingerprint density at radius 1 is 1.69 bits per heavy atom. The third-order valence-corrected chi connectivity index (χ3v) is 3.66. The monoisotopic (exact) mass is 300 g/mol. The summed E-state index contributed by atoms with van der Waals surface area (Å²) in [5.41, 5.74) is 5.90. The van der Waals surface area contributed by atoms with E-state index in [1.54, 1.807) is 11.3 Å². The fraction of sp³-hybridized carbons (Fsp3) is 0.111. The van der Waals surface area contributed by atoms with E-state index in [0.29, 0.717) is 12.1 Å². The van der Waals surface area contributed by atoms with Crippen LogP contribution in [0.2, 0.25) is 0 Å². The number of hydrogen-bond acceptors (Lipinski definition) is 4. The average Bonchev–Trinajstić information content (AvgIpc) is 2.84. The molecule has 2 heterocycles. The number of carbonyl (C=O) groups excluding carboxylic acids is 1. The molecule has 0 unspecified atom stereocenters. The number of aromatic nitrogens is 2. The van der Waals surface area contributed by atoms with E-state index in [1.165, 1.54) is 6.20 Å². The quantitative estimate of drug-likeness (QED) is 0.807. The SMILES string of the molecule is Nc1[nH]ncc1C(=O)NCc1cc(Br)cs1. The Balaban J connectivity index is 1.96. The number of nitrogens with one attached hydrogen (secondary N) is 2. The van der Waals surface area contributed by atoms with Crippen molar-refractivity contribution in [1.82, 2.24) is 15.5 Å². The Morgan fingerprint density at radius 3 is 3.06 bits per heavy atom. The van der Waals surface area contributed by atoms with E-state index in [2.05, 4.69) is 31.4 Å². The number of carbonyl (C=O) groups is 1. The van der Waals surface area contributed by atoms with Gasteiger partial charge in [-0.1, -0.05) is 0 Å². The van der Waals surface area contributed by atoms with Gasteiger partial charge in [0.05, 0.1) is 12.7 Å². The summed E-state index contributed by atoms with van der Waals surface area (Å²) >= 11 is 4.93. The van der Waals surface area contributed by atoms with Gasteiger partial charge in [-0.2, -0.15) is 5.10 Å². The minimum absolute atomic E-state index is 0.226. The van der Waals surface area contributed by atoms with Gasteiger partial charge < -0.3 is 11.1 Å². The lowest BCUT2D eigenvalue weighted by Crippen LogP contribution is -2.22. The zero-order valence-electron chi connectivity index (χ0n) is 8.16. The number of nitrogen functional groups attached to an aromatic ring is 1. The largest absolute Gasteiger partial charge is 0.383 e. The van der Waals surface area contributed by atoms with Crippen LogP contribution in [0.15, 0.2) is 22.1 Å². The van der Waals surface area contributed by atoms with Crippen LogP contribution in [0.1, 0.15) is 15.2 Å². The van der Waals surface area contributed by atoms with E-state index in [0.717, 1.165) is 9.35 Å². The Morgan fingerprint density at radius 2 is 2.50 bits per heavy atom. The van der Waals surface area contributed by atoms with Gasteiger partial charge in [0.2, 0.25) is 0 Å². The van der Waals surface area contributed by atoms with Crippen LogP contribution in [0.3, 0.4) is 0 Å². The lowest BCUT2D eigenvalue weighted by Gasteiger charge is -2.01. The lowest BCUT2D eigenvalue weighted by atomic mass is 10.3. The van der Waals surface area contributed by atoms with E-state index < -0.39 is 0 Å². The highest BCUT2D eigenvalue weighted by atomic mass is 79.9. The number of anilines is 1. The van der Waals surface area contributed by atoms with Gasteiger partial charge >= 0.3 is 0 Å². The molecule has 16 heavy (non-hydrogen) atoms. The van der Waals surface area contributed by atoms with Crippen LogP contribution in [0.4, 0.5) is 5.82 Å². The molecule has 4 N–H and O–H groups in total. The zero-order valence-corrected chi connectivity index (χ0v) is 10.6.